The molecule has 1 aromatic heterocycles. The lowest BCUT2D eigenvalue weighted by molar-refractivity contribution is 0.258. The molecule has 0 spiro atoms. The molecule has 0 aliphatic carbocycles. The predicted octanol–water partition coefficient (Wildman–Crippen LogP) is 1.96. The van der Waals surface area contributed by atoms with Gasteiger partial charge < -0.3 is 10.6 Å². The van der Waals surface area contributed by atoms with Gasteiger partial charge in [-0.3, -0.25) is 0 Å². The zero-order chi connectivity index (χ0) is 11.6. The Morgan fingerprint density at radius 3 is 2.62 bits per heavy atom. The van der Waals surface area contributed by atoms with E-state index in [1.54, 1.807) is 0 Å². The van der Waals surface area contributed by atoms with E-state index in [0.29, 0.717) is 5.41 Å². The fourth-order valence-electron chi connectivity index (χ4n) is 2.18. The molecule has 0 saturated carbocycles. The normalized spacial score (nSPS) is 19.8. The van der Waals surface area contributed by atoms with Crippen molar-refractivity contribution in [3.8, 4) is 0 Å². The van der Waals surface area contributed by atoms with Gasteiger partial charge >= 0.3 is 0 Å². The highest BCUT2D eigenvalue weighted by molar-refractivity contribution is 5.39. The van der Waals surface area contributed by atoms with E-state index in [1.807, 2.05) is 13.0 Å². The van der Waals surface area contributed by atoms with Gasteiger partial charge in [-0.15, -0.1) is 0 Å². The highest BCUT2D eigenvalue weighted by atomic mass is 15.2. The maximum Gasteiger partial charge on any atom is 0.128 e. The Morgan fingerprint density at radius 2 is 2.06 bits per heavy atom. The second-order valence-electron chi connectivity index (χ2n) is 5.14. The number of aryl methyl sites for hydroxylation is 1. The highest BCUT2D eigenvalue weighted by Crippen LogP contribution is 2.31. The van der Waals surface area contributed by atoms with Gasteiger partial charge in [-0.2, -0.15) is 0 Å². The van der Waals surface area contributed by atoms with Crippen LogP contribution in [0.3, 0.4) is 0 Å². The largest absolute Gasteiger partial charge is 0.357 e. The Balaban J connectivity index is 2.04. The zero-order valence-electron chi connectivity index (χ0n) is 10.2. The van der Waals surface area contributed by atoms with E-state index in [-0.39, 0.29) is 0 Å². The Kier molecular flexibility index (Phi) is 3.15. The first-order valence-corrected chi connectivity index (χ1v) is 6.02. The van der Waals surface area contributed by atoms with Crippen LogP contribution in [0.25, 0.3) is 0 Å². The second-order valence-corrected chi connectivity index (χ2v) is 5.14. The Labute approximate surface area is 97.7 Å². The van der Waals surface area contributed by atoms with Crippen molar-refractivity contribution in [3.63, 3.8) is 0 Å². The lowest BCUT2D eigenvalue weighted by Gasteiger charge is -2.39. The lowest BCUT2D eigenvalue weighted by atomic mass is 9.80. The molecule has 16 heavy (non-hydrogen) atoms. The van der Waals surface area contributed by atoms with Crippen molar-refractivity contribution >= 4 is 5.82 Å². The van der Waals surface area contributed by atoms with Gasteiger partial charge in [0.05, 0.1) is 0 Å². The summed E-state index contributed by atoms with van der Waals surface area (Å²) in [7, 11) is 0. The van der Waals surface area contributed by atoms with Crippen LogP contribution in [0.1, 0.15) is 25.5 Å². The van der Waals surface area contributed by atoms with Crippen LogP contribution in [0.5, 0.6) is 0 Å². The summed E-state index contributed by atoms with van der Waals surface area (Å²) in [5, 5.41) is 0. The van der Waals surface area contributed by atoms with Gasteiger partial charge in [0.15, 0.2) is 0 Å². The Morgan fingerprint density at radius 1 is 1.38 bits per heavy atom. The topological polar surface area (TPSA) is 42.1 Å². The van der Waals surface area contributed by atoms with Crippen LogP contribution in [0.15, 0.2) is 18.2 Å². The Bertz CT molecular complexity index is 354. The minimum atomic E-state index is 0.334. The van der Waals surface area contributed by atoms with Crippen LogP contribution in [0, 0.1) is 12.3 Å². The molecule has 0 unspecified atom stereocenters. The minimum Gasteiger partial charge on any atom is -0.357 e. The van der Waals surface area contributed by atoms with Crippen molar-refractivity contribution in [2.45, 2.75) is 26.7 Å². The molecule has 0 radical (unpaired) electrons. The fraction of sp³-hybridized carbons (Fsp3) is 0.615. The number of nitrogens with zero attached hydrogens (tertiary/aromatic N) is 2. The van der Waals surface area contributed by atoms with E-state index >= 15 is 0 Å². The van der Waals surface area contributed by atoms with E-state index < -0.39 is 0 Å². The van der Waals surface area contributed by atoms with Crippen molar-refractivity contribution in [2.24, 2.45) is 11.1 Å². The van der Waals surface area contributed by atoms with Crippen molar-refractivity contribution in [2.75, 3.05) is 24.5 Å². The summed E-state index contributed by atoms with van der Waals surface area (Å²) in [6.45, 7) is 7.27. The summed E-state index contributed by atoms with van der Waals surface area (Å²) >= 11 is 0. The van der Waals surface area contributed by atoms with E-state index in [2.05, 4.69) is 28.9 Å². The van der Waals surface area contributed by atoms with Crippen LogP contribution >= 0.6 is 0 Å². The predicted molar refractivity (Wildman–Crippen MR) is 67.6 cm³/mol. The van der Waals surface area contributed by atoms with Gasteiger partial charge in [-0.05, 0) is 43.9 Å². The average molecular weight is 219 g/mol. The fourth-order valence-corrected chi connectivity index (χ4v) is 2.18. The number of hydrogen-bond acceptors (Lipinski definition) is 3. The van der Waals surface area contributed by atoms with Gasteiger partial charge in [0.1, 0.15) is 5.82 Å². The first-order chi connectivity index (χ1) is 7.63. The molecule has 0 atom stereocenters. The molecule has 1 aliphatic rings. The number of rotatable bonds is 2. The monoisotopic (exact) mass is 219 g/mol. The maximum atomic E-state index is 5.81. The van der Waals surface area contributed by atoms with Crippen molar-refractivity contribution in [1.29, 1.82) is 0 Å². The second kappa shape index (κ2) is 4.42. The average Bonchev–Trinajstić information content (AvgIpc) is 2.30. The summed E-state index contributed by atoms with van der Waals surface area (Å²) in [4.78, 5) is 6.93. The van der Waals surface area contributed by atoms with E-state index in [1.165, 1.54) is 12.8 Å². The standard InChI is InChI=1S/C13H21N3/c1-11-4-3-5-12(15-11)16-8-6-13(2,10-14)7-9-16/h3-5H,6-10,14H2,1-2H3. The molecule has 1 aromatic rings. The molecule has 1 fully saturated rings. The van der Waals surface area contributed by atoms with Gasteiger partial charge in [0.2, 0.25) is 0 Å². The van der Waals surface area contributed by atoms with Crippen molar-refractivity contribution in [1.82, 2.24) is 4.98 Å². The summed E-state index contributed by atoms with van der Waals surface area (Å²) in [5.74, 6) is 1.11. The molecule has 3 nitrogen and oxygen atoms in total. The van der Waals surface area contributed by atoms with Crippen LogP contribution in [0.4, 0.5) is 5.82 Å². The maximum absolute atomic E-state index is 5.81. The molecule has 88 valence electrons. The quantitative estimate of drug-likeness (QED) is 0.826. The van der Waals surface area contributed by atoms with Crippen molar-refractivity contribution in [3.05, 3.63) is 23.9 Å². The molecule has 0 bridgehead atoms. The smallest absolute Gasteiger partial charge is 0.128 e. The van der Waals surface area contributed by atoms with E-state index in [4.69, 9.17) is 5.73 Å². The Hall–Kier alpha value is -1.09. The SMILES string of the molecule is Cc1cccc(N2CCC(C)(CN)CC2)n1. The molecule has 0 amide bonds. The molecule has 1 aliphatic heterocycles. The first-order valence-electron chi connectivity index (χ1n) is 6.02. The summed E-state index contributed by atoms with van der Waals surface area (Å²) in [6, 6.07) is 6.21. The number of anilines is 1. The number of pyridine rings is 1. The first kappa shape index (κ1) is 11.4. The molecule has 0 aromatic carbocycles. The molecule has 2 rings (SSSR count). The van der Waals surface area contributed by atoms with Crippen LogP contribution in [-0.4, -0.2) is 24.6 Å². The number of hydrogen-bond donors (Lipinski definition) is 1. The number of aromatic nitrogens is 1. The molecule has 3 heteroatoms. The van der Waals surface area contributed by atoms with Crippen molar-refractivity contribution < 1.29 is 0 Å². The van der Waals surface area contributed by atoms with E-state index in [9.17, 15) is 0 Å². The van der Waals surface area contributed by atoms with Crippen LogP contribution in [0.2, 0.25) is 0 Å². The summed E-state index contributed by atoms with van der Waals surface area (Å²) in [5.41, 5.74) is 7.23. The lowest BCUT2D eigenvalue weighted by Crippen LogP contribution is -2.42. The molecule has 1 saturated heterocycles. The molecule has 2 heterocycles. The van der Waals surface area contributed by atoms with Gasteiger partial charge in [-0.25, -0.2) is 4.98 Å². The van der Waals surface area contributed by atoms with Gasteiger partial charge in [0, 0.05) is 18.8 Å². The third-order valence-corrected chi connectivity index (χ3v) is 3.66. The summed E-state index contributed by atoms with van der Waals surface area (Å²) < 4.78 is 0. The third-order valence-electron chi connectivity index (χ3n) is 3.66. The third kappa shape index (κ3) is 2.35. The van der Waals surface area contributed by atoms with Gasteiger partial charge in [0.25, 0.3) is 0 Å². The number of nitrogens with two attached hydrogens (primary N) is 1. The zero-order valence-corrected chi connectivity index (χ0v) is 10.2. The molecular weight excluding hydrogens is 198 g/mol. The van der Waals surface area contributed by atoms with E-state index in [0.717, 1.165) is 31.1 Å². The summed E-state index contributed by atoms with van der Waals surface area (Å²) in [6.07, 6.45) is 2.33. The van der Waals surface area contributed by atoms with Crippen LogP contribution in [-0.2, 0) is 0 Å². The number of piperidine rings is 1. The highest BCUT2D eigenvalue weighted by Gasteiger charge is 2.28. The molecule has 2 N–H and O–H groups in total. The molecular formula is C13H21N3. The minimum absolute atomic E-state index is 0.334. The van der Waals surface area contributed by atoms with Crippen LogP contribution < -0.4 is 10.6 Å². The van der Waals surface area contributed by atoms with Gasteiger partial charge in [-0.1, -0.05) is 13.0 Å².